The number of hydrogen-bond donors (Lipinski definition) is 1. The summed E-state index contributed by atoms with van der Waals surface area (Å²) in [6.07, 6.45) is -4.60. The molecule has 0 spiro atoms. The molecule has 1 aliphatic rings. The van der Waals surface area contributed by atoms with Gasteiger partial charge in [-0.2, -0.15) is 17.5 Å². The van der Waals surface area contributed by atoms with Crippen molar-refractivity contribution in [1.82, 2.24) is 4.31 Å². The summed E-state index contributed by atoms with van der Waals surface area (Å²) in [5.41, 5.74) is 0.425. The Morgan fingerprint density at radius 1 is 1.04 bits per heavy atom. The quantitative estimate of drug-likeness (QED) is 0.882. The van der Waals surface area contributed by atoms with Crippen molar-refractivity contribution < 1.29 is 31.5 Å². The van der Waals surface area contributed by atoms with Crippen LogP contribution >= 0.6 is 0 Å². The summed E-state index contributed by atoms with van der Waals surface area (Å²) < 4.78 is 64.5. The fourth-order valence-corrected chi connectivity index (χ4v) is 4.47. The van der Waals surface area contributed by atoms with Crippen LogP contribution in [0.25, 0.3) is 0 Å². The summed E-state index contributed by atoms with van der Waals surface area (Å²) in [6.45, 7) is -0.156. The van der Waals surface area contributed by atoms with Gasteiger partial charge in [-0.25, -0.2) is 8.42 Å². The number of rotatable bonds is 3. The van der Waals surface area contributed by atoms with Crippen LogP contribution in [-0.4, -0.2) is 29.8 Å². The normalized spacial score (nSPS) is 18.3. The summed E-state index contributed by atoms with van der Waals surface area (Å²) in [4.78, 5) is 11.2. The molecule has 1 aliphatic heterocycles. The zero-order valence-electron chi connectivity index (χ0n) is 13.3. The second-order valence-corrected chi connectivity index (χ2v) is 7.79. The van der Waals surface area contributed by atoms with Gasteiger partial charge in [0.1, 0.15) is 6.04 Å². The van der Waals surface area contributed by atoms with Crippen molar-refractivity contribution >= 4 is 16.0 Å². The third kappa shape index (κ3) is 3.32. The van der Waals surface area contributed by atoms with E-state index < -0.39 is 33.8 Å². The Balaban J connectivity index is 2.01. The highest BCUT2D eigenvalue weighted by Crippen LogP contribution is 2.32. The van der Waals surface area contributed by atoms with Crippen molar-refractivity contribution in [3.8, 4) is 0 Å². The SMILES string of the molecule is O=C(O)[C@@H]1Cc2ccccc2CN1S(=O)(=O)c1ccc(C(F)(F)F)cc1. The van der Waals surface area contributed by atoms with Crippen LogP contribution in [0.2, 0.25) is 0 Å². The fraction of sp³-hybridized carbons (Fsp3) is 0.235. The van der Waals surface area contributed by atoms with Gasteiger partial charge in [0.25, 0.3) is 0 Å². The van der Waals surface area contributed by atoms with Crippen molar-refractivity contribution in [1.29, 1.82) is 0 Å². The van der Waals surface area contributed by atoms with Crippen LogP contribution in [0.1, 0.15) is 16.7 Å². The monoisotopic (exact) mass is 385 g/mol. The molecule has 9 heteroatoms. The van der Waals surface area contributed by atoms with Gasteiger partial charge in [0, 0.05) is 13.0 Å². The van der Waals surface area contributed by atoms with E-state index in [-0.39, 0.29) is 17.9 Å². The average Bonchev–Trinajstić information content (AvgIpc) is 2.60. The fourth-order valence-electron chi connectivity index (χ4n) is 2.91. The van der Waals surface area contributed by atoms with E-state index in [1.54, 1.807) is 24.3 Å². The molecule has 0 fully saturated rings. The van der Waals surface area contributed by atoms with E-state index in [4.69, 9.17) is 0 Å². The zero-order chi connectivity index (χ0) is 19.1. The Morgan fingerprint density at radius 3 is 2.15 bits per heavy atom. The van der Waals surface area contributed by atoms with E-state index in [0.717, 1.165) is 22.0 Å². The Bertz CT molecular complexity index is 939. The molecule has 0 aliphatic carbocycles. The number of alkyl halides is 3. The summed E-state index contributed by atoms with van der Waals surface area (Å²) in [5, 5.41) is 9.44. The van der Waals surface area contributed by atoms with Gasteiger partial charge in [0.15, 0.2) is 0 Å². The summed E-state index contributed by atoms with van der Waals surface area (Å²) in [5.74, 6) is -1.31. The van der Waals surface area contributed by atoms with Crippen molar-refractivity contribution in [2.45, 2.75) is 30.1 Å². The molecule has 1 heterocycles. The van der Waals surface area contributed by atoms with Crippen LogP contribution < -0.4 is 0 Å². The molecule has 1 N–H and O–H groups in total. The molecule has 0 saturated heterocycles. The lowest BCUT2D eigenvalue weighted by Gasteiger charge is -2.33. The number of aliphatic carboxylic acids is 1. The third-order valence-corrected chi connectivity index (χ3v) is 6.15. The molecule has 5 nitrogen and oxygen atoms in total. The number of carbonyl (C=O) groups is 1. The van der Waals surface area contributed by atoms with Crippen molar-refractivity contribution in [2.75, 3.05) is 0 Å². The van der Waals surface area contributed by atoms with Gasteiger partial charge in [0.05, 0.1) is 10.5 Å². The number of nitrogens with zero attached hydrogens (tertiary/aromatic N) is 1. The highest BCUT2D eigenvalue weighted by atomic mass is 32.2. The molecule has 0 bridgehead atoms. The molecule has 0 radical (unpaired) electrons. The molecule has 0 aromatic heterocycles. The van der Waals surface area contributed by atoms with Crippen LogP contribution in [0.4, 0.5) is 13.2 Å². The number of carboxylic acid groups (broad SMARTS) is 1. The van der Waals surface area contributed by atoms with Crippen molar-refractivity contribution in [3.05, 3.63) is 65.2 Å². The van der Waals surface area contributed by atoms with Crippen molar-refractivity contribution in [3.63, 3.8) is 0 Å². The average molecular weight is 385 g/mol. The molecule has 0 unspecified atom stereocenters. The number of benzene rings is 2. The van der Waals surface area contributed by atoms with Crippen LogP contribution in [0.3, 0.4) is 0 Å². The number of fused-ring (bicyclic) bond motifs is 1. The molecule has 2 aromatic rings. The van der Waals surface area contributed by atoms with Crippen LogP contribution in [0, 0.1) is 0 Å². The van der Waals surface area contributed by atoms with Crippen LogP contribution in [-0.2, 0) is 34.0 Å². The minimum absolute atomic E-state index is 0.00856. The topological polar surface area (TPSA) is 74.7 Å². The Labute approximate surface area is 147 Å². The molecule has 0 saturated carbocycles. The van der Waals surface area contributed by atoms with Gasteiger partial charge in [0.2, 0.25) is 10.0 Å². The van der Waals surface area contributed by atoms with E-state index in [1.165, 1.54) is 0 Å². The second-order valence-electron chi connectivity index (χ2n) is 5.90. The predicted octanol–water partition coefficient (Wildman–Crippen LogP) is 2.91. The highest BCUT2D eigenvalue weighted by molar-refractivity contribution is 7.89. The highest BCUT2D eigenvalue weighted by Gasteiger charge is 2.40. The zero-order valence-corrected chi connectivity index (χ0v) is 14.1. The predicted molar refractivity (Wildman–Crippen MR) is 85.7 cm³/mol. The lowest BCUT2D eigenvalue weighted by Crippen LogP contribution is -2.48. The lowest BCUT2D eigenvalue weighted by atomic mass is 9.96. The molecule has 138 valence electrons. The molecule has 1 atom stereocenters. The van der Waals surface area contributed by atoms with Gasteiger partial charge in [-0.15, -0.1) is 0 Å². The minimum atomic E-state index is -4.59. The van der Waals surface area contributed by atoms with E-state index in [9.17, 15) is 31.5 Å². The number of halogens is 3. The molecule has 0 amide bonds. The van der Waals surface area contributed by atoms with Gasteiger partial charge < -0.3 is 5.11 Å². The smallest absolute Gasteiger partial charge is 0.416 e. The first-order valence-electron chi connectivity index (χ1n) is 7.59. The molecule has 3 rings (SSSR count). The molecule has 2 aromatic carbocycles. The first-order chi connectivity index (χ1) is 12.1. The number of carboxylic acids is 1. The van der Waals surface area contributed by atoms with E-state index in [2.05, 4.69) is 0 Å². The number of sulfonamides is 1. The standard InChI is InChI=1S/C17H14F3NO4S/c18-17(19,20)13-5-7-14(8-6-13)26(24,25)21-10-12-4-2-1-3-11(12)9-15(21)16(22)23/h1-8,15H,9-10H2,(H,22,23)/t15-/m0/s1. The first-order valence-corrected chi connectivity index (χ1v) is 9.03. The summed E-state index contributed by atoms with van der Waals surface area (Å²) in [6, 6.07) is 8.57. The maximum absolute atomic E-state index is 12.9. The Hall–Kier alpha value is -2.39. The Kier molecular flexibility index (Phi) is 4.53. The summed E-state index contributed by atoms with van der Waals surface area (Å²) >= 11 is 0. The minimum Gasteiger partial charge on any atom is -0.480 e. The van der Waals surface area contributed by atoms with Gasteiger partial charge in [-0.1, -0.05) is 24.3 Å². The largest absolute Gasteiger partial charge is 0.480 e. The maximum Gasteiger partial charge on any atom is 0.416 e. The van der Waals surface area contributed by atoms with Gasteiger partial charge >= 0.3 is 12.1 Å². The van der Waals surface area contributed by atoms with Gasteiger partial charge in [-0.3, -0.25) is 4.79 Å². The van der Waals surface area contributed by atoms with Crippen molar-refractivity contribution in [2.24, 2.45) is 0 Å². The Morgan fingerprint density at radius 2 is 1.62 bits per heavy atom. The van der Waals surface area contributed by atoms with E-state index in [1.807, 2.05) is 0 Å². The second kappa shape index (κ2) is 6.40. The molecular formula is C17H14F3NO4S. The van der Waals surface area contributed by atoms with Crippen LogP contribution in [0.5, 0.6) is 0 Å². The van der Waals surface area contributed by atoms with Crippen LogP contribution in [0.15, 0.2) is 53.4 Å². The van der Waals surface area contributed by atoms with E-state index >= 15 is 0 Å². The third-order valence-electron chi connectivity index (χ3n) is 4.28. The molecule has 26 heavy (non-hydrogen) atoms. The maximum atomic E-state index is 12.9. The van der Waals surface area contributed by atoms with E-state index in [0.29, 0.717) is 17.7 Å². The summed E-state index contributed by atoms with van der Waals surface area (Å²) in [7, 11) is -4.28. The first kappa shape index (κ1) is 18.4. The van der Waals surface area contributed by atoms with Gasteiger partial charge in [-0.05, 0) is 35.4 Å². The molecular weight excluding hydrogens is 371 g/mol. The number of hydrogen-bond acceptors (Lipinski definition) is 3. The lowest BCUT2D eigenvalue weighted by molar-refractivity contribution is -0.142.